The predicted molar refractivity (Wildman–Crippen MR) is 75.2 cm³/mol. The Morgan fingerprint density at radius 2 is 1.75 bits per heavy atom. The summed E-state index contributed by atoms with van der Waals surface area (Å²) in [5.74, 6) is -0.184. The van der Waals surface area contributed by atoms with Crippen molar-refractivity contribution in [3.63, 3.8) is 0 Å². The van der Waals surface area contributed by atoms with E-state index in [-0.39, 0.29) is 12.0 Å². The minimum Gasteiger partial charge on any atom is -0.364 e. The number of benzene rings is 1. The maximum absolute atomic E-state index is 12.0. The monoisotopic (exact) mass is 278 g/mol. The number of anilines is 2. The van der Waals surface area contributed by atoms with Gasteiger partial charge >= 0.3 is 6.03 Å². The van der Waals surface area contributed by atoms with Crippen molar-refractivity contribution in [3.8, 4) is 0 Å². The molecule has 1 fully saturated rings. The van der Waals surface area contributed by atoms with Gasteiger partial charge in [-0.1, -0.05) is 0 Å². The molecule has 0 bridgehead atoms. The van der Waals surface area contributed by atoms with Crippen LogP contribution in [-0.4, -0.2) is 30.7 Å². The minimum absolute atomic E-state index is 0.0344. The lowest BCUT2D eigenvalue weighted by Gasteiger charge is -2.13. The Labute approximate surface area is 116 Å². The van der Waals surface area contributed by atoms with Crippen molar-refractivity contribution >= 4 is 23.3 Å². The summed E-state index contributed by atoms with van der Waals surface area (Å²) < 4.78 is 5.51. The Bertz CT molecular complexity index is 489. The fraction of sp³-hybridized carbons (Fsp3) is 0.385. The van der Waals surface area contributed by atoms with Gasteiger partial charge in [0.1, 0.15) is 6.10 Å². The maximum Gasteiger partial charge on any atom is 0.316 e. The Kier molecular flexibility index (Phi) is 4.54. The average Bonchev–Trinajstić information content (AvgIpc) is 2.89. The van der Waals surface area contributed by atoms with Crippen molar-refractivity contribution in [2.24, 2.45) is 11.5 Å². The maximum atomic E-state index is 12.0. The zero-order valence-electron chi connectivity index (χ0n) is 11.0. The molecule has 1 saturated heterocycles. The first-order valence-corrected chi connectivity index (χ1v) is 6.41. The molecule has 3 amide bonds. The molecule has 0 saturated carbocycles. The van der Waals surface area contributed by atoms with Gasteiger partial charge in [0, 0.05) is 17.9 Å². The summed E-state index contributed by atoms with van der Waals surface area (Å²) in [7, 11) is 0. The van der Waals surface area contributed by atoms with E-state index in [2.05, 4.69) is 10.6 Å². The lowest BCUT2D eigenvalue weighted by Crippen LogP contribution is -2.29. The number of urea groups is 1. The number of amides is 3. The van der Waals surface area contributed by atoms with Crippen LogP contribution in [0.2, 0.25) is 0 Å². The van der Waals surface area contributed by atoms with Gasteiger partial charge in [0.25, 0.3) is 5.91 Å². The molecule has 20 heavy (non-hydrogen) atoms. The number of hydrogen-bond acceptors (Lipinski definition) is 4. The third kappa shape index (κ3) is 3.69. The quantitative estimate of drug-likeness (QED) is 0.645. The van der Waals surface area contributed by atoms with Gasteiger partial charge in [0.15, 0.2) is 0 Å². The highest BCUT2D eigenvalue weighted by molar-refractivity contribution is 5.95. The van der Waals surface area contributed by atoms with Gasteiger partial charge in [-0.3, -0.25) is 4.79 Å². The first kappa shape index (κ1) is 14.3. The molecule has 6 N–H and O–H groups in total. The van der Waals surface area contributed by atoms with Crippen LogP contribution in [0, 0.1) is 0 Å². The average molecular weight is 278 g/mol. The summed E-state index contributed by atoms with van der Waals surface area (Å²) in [5.41, 5.74) is 11.7. The SMILES string of the molecule is NCC1CCC(C(=O)Nc2ccc(NC(N)=O)cc2)O1. The van der Waals surface area contributed by atoms with E-state index in [1.54, 1.807) is 24.3 Å². The van der Waals surface area contributed by atoms with Crippen LogP contribution in [0.4, 0.5) is 16.2 Å². The van der Waals surface area contributed by atoms with Gasteiger partial charge in [-0.2, -0.15) is 0 Å². The lowest BCUT2D eigenvalue weighted by molar-refractivity contribution is -0.126. The Balaban J connectivity index is 1.90. The van der Waals surface area contributed by atoms with E-state index >= 15 is 0 Å². The van der Waals surface area contributed by atoms with E-state index in [0.29, 0.717) is 24.3 Å². The summed E-state index contributed by atoms with van der Waals surface area (Å²) >= 11 is 0. The summed E-state index contributed by atoms with van der Waals surface area (Å²) in [5, 5.41) is 5.20. The number of nitrogens with one attached hydrogen (secondary N) is 2. The second-order valence-electron chi connectivity index (χ2n) is 4.62. The Hall–Kier alpha value is -2.12. The lowest BCUT2D eigenvalue weighted by atomic mass is 10.2. The van der Waals surface area contributed by atoms with Gasteiger partial charge in [-0.05, 0) is 37.1 Å². The van der Waals surface area contributed by atoms with Crippen molar-refractivity contribution < 1.29 is 14.3 Å². The number of primary amides is 1. The second-order valence-corrected chi connectivity index (χ2v) is 4.62. The van der Waals surface area contributed by atoms with Crippen molar-refractivity contribution in [2.75, 3.05) is 17.2 Å². The predicted octanol–water partition coefficient (Wildman–Crippen LogP) is 0.622. The number of hydrogen-bond donors (Lipinski definition) is 4. The van der Waals surface area contributed by atoms with E-state index in [1.165, 1.54) is 0 Å². The molecule has 2 rings (SSSR count). The van der Waals surface area contributed by atoms with Crippen molar-refractivity contribution in [1.82, 2.24) is 0 Å². The normalized spacial score (nSPS) is 21.4. The fourth-order valence-electron chi connectivity index (χ4n) is 2.07. The smallest absolute Gasteiger partial charge is 0.316 e. The molecule has 0 spiro atoms. The number of nitrogens with two attached hydrogens (primary N) is 2. The van der Waals surface area contributed by atoms with Gasteiger partial charge in [0.2, 0.25) is 0 Å². The van der Waals surface area contributed by atoms with Crippen LogP contribution in [0.1, 0.15) is 12.8 Å². The molecule has 2 unspecified atom stereocenters. The largest absolute Gasteiger partial charge is 0.364 e. The van der Waals surface area contributed by atoms with Crippen LogP contribution in [0.15, 0.2) is 24.3 Å². The number of ether oxygens (including phenoxy) is 1. The first-order valence-electron chi connectivity index (χ1n) is 6.41. The van der Waals surface area contributed by atoms with Gasteiger partial charge in [-0.15, -0.1) is 0 Å². The molecule has 7 nitrogen and oxygen atoms in total. The third-order valence-corrected chi connectivity index (χ3v) is 3.08. The standard InChI is InChI=1S/C13H18N4O3/c14-7-10-5-6-11(20-10)12(18)16-8-1-3-9(4-2-8)17-13(15)19/h1-4,10-11H,5-7,14H2,(H,16,18)(H3,15,17,19). The van der Waals surface area contributed by atoms with Gasteiger partial charge < -0.3 is 26.8 Å². The van der Waals surface area contributed by atoms with Crippen LogP contribution >= 0.6 is 0 Å². The van der Waals surface area contributed by atoms with Crippen LogP contribution in [0.3, 0.4) is 0 Å². The molecule has 1 aliphatic heterocycles. The topological polar surface area (TPSA) is 119 Å². The molecule has 1 aromatic carbocycles. The molecule has 1 heterocycles. The molecule has 0 radical (unpaired) electrons. The minimum atomic E-state index is -0.631. The Morgan fingerprint density at radius 1 is 1.15 bits per heavy atom. The summed E-state index contributed by atoms with van der Waals surface area (Å²) in [6, 6.07) is 6.03. The highest BCUT2D eigenvalue weighted by atomic mass is 16.5. The molecule has 1 aromatic rings. The van der Waals surface area contributed by atoms with E-state index in [1.807, 2.05) is 0 Å². The zero-order valence-corrected chi connectivity index (χ0v) is 11.0. The molecule has 2 atom stereocenters. The van der Waals surface area contributed by atoms with Crippen molar-refractivity contribution in [2.45, 2.75) is 25.0 Å². The molecule has 108 valence electrons. The molecule has 1 aliphatic rings. The number of carbonyl (C=O) groups excluding carboxylic acids is 2. The highest BCUT2D eigenvalue weighted by Crippen LogP contribution is 2.21. The molecule has 0 aliphatic carbocycles. The van der Waals surface area contributed by atoms with Crippen molar-refractivity contribution in [3.05, 3.63) is 24.3 Å². The molecular formula is C13H18N4O3. The molecule has 7 heteroatoms. The first-order chi connectivity index (χ1) is 9.58. The summed E-state index contributed by atoms with van der Waals surface area (Å²) in [6.07, 6.45) is 0.991. The van der Waals surface area contributed by atoms with Gasteiger partial charge in [-0.25, -0.2) is 4.79 Å². The fourth-order valence-corrected chi connectivity index (χ4v) is 2.07. The summed E-state index contributed by atoms with van der Waals surface area (Å²) in [4.78, 5) is 22.7. The van der Waals surface area contributed by atoms with Gasteiger partial charge in [0.05, 0.1) is 6.10 Å². The van der Waals surface area contributed by atoms with E-state index in [4.69, 9.17) is 16.2 Å². The molecule has 0 aromatic heterocycles. The van der Waals surface area contributed by atoms with Crippen LogP contribution < -0.4 is 22.1 Å². The molecular weight excluding hydrogens is 260 g/mol. The summed E-state index contributed by atoms with van der Waals surface area (Å²) in [6.45, 7) is 0.428. The zero-order chi connectivity index (χ0) is 14.5. The number of rotatable bonds is 4. The van der Waals surface area contributed by atoms with Crippen LogP contribution in [-0.2, 0) is 9.53 Å². The van der Waals surface area contributed by atoms with Crippen LogP contribution in [0.5, 0.6) is 0 Å². The van der Waals surface area contributed by atoms with E-state index < -0.39 is 12.1 Å². The van der Waals surface area contributed by atoms with E-state index in [9.17, 15) is 9.59 Å². The Morgan fingerprint density at radius 3 is 2.25 bits per heavy atom. The van der Waals surface area contributed by atoms with Crippen LogP contribution in [0.25, 0.3) is 0 Å². The second kappa shape index (κ2) is 6.36. The van der Waals surface area contributed by atoms with Crippen molar-refractivity contribution in [1.29, 1.82) is 0 Å². The number of carbonyl (C=O) groups is 2. The van der Waals surface area contributed by atoms with E-state index in [0.717, 1.165) is 6.42 Å². The highest BCUT2D eigenvalue weighted by Gasteiger charge is 2.29. The third-order valence-electron chi connectivity index (χ3n) is 3.08.